The minimum absolute atomic E-state index is 0.184. The predicted octanol–water partition coefficient (Wildman–Crippen LogP) is 4.67. The number of hydrogen-bond acceptors (Lipinski definition) is 2. The molecule has 152 valence electrons. The molecule has 0 bridgehead atoms. The van der Waals surface area contributed by atoms with Gasteiger partial charge in [-0.05, 0) is 41.5 Å². The molecule has 0 atom stereocenters. The van der Waals surface area contributed by atoms with E-state index in [1.165, 1.54) is 19.3 Å². The van der Waals surface area contributed by atoms with E-state index in [4.69, 9.17) is 0 Å². The fraction of sp³-hybridized carbons (Fsp3) is 0.440. The zero-order valence-electron chi connectivity index (χ0n) is 17.0. The van der Waals surface area contributed by atoms with E-state index < -0.39 is 0 Å². The molecular weight excluding hydrogens is 360 g/mol. The van der Waals surface area contributed by atoms with Gasteiger partial charge in [0.05, 0.1) is 0 Å². The summed E-state index contributed by atoms with van der Waals surface area (Å²) in [7, 11) is 0. The molecule has 2 amide bonds. The van der Waals surface area contributed by atoms with E-state index in [1.807, 2.05) is 17.0 Å². The maximum Gasteiger partial charge on any atom is 0.223 e. The fourth-order valence-corrected chi connectivity index (χ4v) is 4.53. The van der Waals surface area contributed by atoms with Crippen molar-refractivity contribution in [2.45, 2.75) is 58.0 Å². The number of rotatable bonds is 6. The zero-order chi connectivity index (χ0) is 20.1. The lowest BCUT2D eigenvalue weighted by molar-refractivity contribution is -0.128. The summed E-state index contributed by atoms with van der Waals surface area (Å²) in [5, 5.41) is 3.16. The van der Waals surface area contributed by atoms with Crippen LogP contribution in [0.1, 0.15) is 56.1 Å². The second-order valence-electron chi connectivity index (χ2n) is 8.33. The molecule has 1 heterocycles. The number of carbonyl (C=O) groups is 2. The Hall–Kier alpha value is -2.62. The SMILES string of the molecule is O=C(NCc1ccccc1-c1ccc(CN2CCCC2=O)cc1)C1CCCCC1. The summed E-state index contributed by atoms with van der Waals surface area (Å²) >= 11 is 0. The average Bonchev–Trinajstić information content (AvgIpc) is 3.18. The predicted molar refractivity (Wildman–Crippen MR) is 115 cm³/mol. The van der Waals surface area contributed by atoms with Crippen LogP contribution >= 0.6 is 0 Å². The van der Waals surface area contributed by atoms with Crippen LogP contribution in [0.5, 0.6) is 0 Å². The highest BCUT2D eigenvalue weighted by molar-refractivity contribution is 5.79. The highest BCUT2D eigenvalue weighted by Gasteiger charge is 2.21. The van der Waals surface area contributed by atoms with Crippen LogP contribution in [0.2, 0.25) is 0 Å². The monoisotopic (exact) mass is 390 g/mol. The number of nitrogens with one attached hydrogen (secondary N) is 1. The lowest BCUT2D eigenvalue weighted by Gasteiger charge is -2.21. The van der Waals surface area contributed by atoms with Crippen LogP contribution in [-0.2, 0) is 22.7 Å². The average molecular weight is 391 g/mol. The third kappa shape index (κ3) is 4.87. The standard InChI is InChI=1S/C25H30N2O2/c28-24-11-6-16-27(24)18-19-12-14-20(15-13-19)23-10-5-4-9-22(23)17-26-25(29)21-7-2-1-3-8-21/h4-5,9-10,12-15,21H,1-3,6-8,11,16-18H2,(H,26,29). The Balaban J connectivity index is 1.42. The Morgan fingerprint density at radius 3 is 2.45 bits per heavy atom. The van der Waals surface area contributed by atoms with Crippen LogP contribution in [-0.4, -0.2) is 23.3 Å². The minimum atomic E-state index is 0.184. The van der Waals surface area contributed by atoms with Gasteiger partial charge in [0, 0.05) is 32.0 Å². The van der Waals surface area contributed by atoms with Gasteiger partial charge in [-0.2, -0.15) is 0 Å². The van der Waals surface area contributed by atoms with E-state index in [9.17, 15) is 9.59 Å². The third-order valence-electron chi connectivity index (χ3n) is 6.26. The second-order valence-corrected chi connectivity index (χ2v) is 8.33. The first kappa shape index (κ1) is 19.7. The molecule has 1 aliphatic heterocycles. The molecule has 4 heteroatoms. The van der Waals surface area contributed by atoms with Crippen molar-refractivity contribution in [2.75, 3.05) is 6.54 Å². The molecule has 29 heavy (non-hydrogen) atoms. The molecule has 0 spiro atoms. The first-order valence-corrected chi connectivity index (χ1v) is 10.9. The van der Waals surface area contributed by atoms with Crippen molar-refractivity contribution in [2.24, 2.45) is 5.92 Å². The van der Waals surface area contributed by atoms with E-state index in [-0.39, 0.29) is 17.7 Å². The van der Waals surface area contributed by atoms with Crippen LogP contribution in [0.25, 0.3) is 11.1 Å². The van der Waals surface area contributed by atoms with E-state index in [1.54, 1.807) is 0 Å². The zero-order valence-corrected chi connectivity index (χ0v) is 17.0. The molecule has 0 radical (unpaired) electrons. The number of benzene rings is 2. The van der Waals surface area contributed by atoms with Crippen LogP contribution in [0.3, 0.4) is 0 Å². The van der Waals surface area contributed by atoms with Gasteiger partial charge in [0.15, 0.2) is 0 Å². The van der Waals surface area contributed by atoms with Gasteiger partial charge in [-0.1, -0.05) is 67.8 Å². The summed E-state index contributed by atoms with van der Waals surface area (Å²) in [4.78, 5) is 26.3. The van der Waals surface area contributed by atoms with E-state index in [2.05, 4.69) is 41.7 Å². The summed E-state index contributed by atoms with van der Waals surface area (Å²) in [5.74, 6) is 0.641. The van der Waals surface area contributed by atoms with Gasteiger partial charge in [0.2, 0.25) is 11.8 Å². The summed E-state index contributed by atoms with van der Waals surface area (Å²) in [6.45, 7) is 2.12. The van der Waals surface area contributed by atoms with Gasteiger partial charge in [-0.3, -0.25) is 9.59 Å². The maximum atomic E-state index is 12.5. The number of hydrogen-bond donors (Lipinski definition) is 1. The van der Waals surface area contributed by atoms with Gasteiger partial charge in [0.1, 0.15) is 0 Å². The summed E-state index contributed by atoms with van der Waals surface area (Å²) < 4.78 is 0. The Morgan fingerprint density at radius 2 is 1.72 bits per heavy atom. The molecule has 2 aromatic carbocycles. The van der Waals surface area contributed by atoms with Crippen molar-refractivity contribution < 1.29 is 9.59 Å². The number of amides is 2. The summed E-state index contributed by atoms with van der Waals surface area (Å²) in [5.41, 5.74) is 4.59. The molecule has 4 nitrogen and oxygen atoms in total. The Kier molecular flexibility index (Phi) is 6.28. The molecule has 0 unspecified atom stereocenters. The van der Waals surface area contributed by atoms with Crippen molar-refractivity contribution in [3.05, 3.63) is 59.7 Å². The molecule has 1 saturated heterocycles. The summed E-state index contributed by atoms with van der Waals surface area (Å²) in [6, 6.07) is 16.7. The fourth-order valence-electron chi connectivity index (χ4n) is 4.53. The molecule has 0 aromatic heterocycles. The van der Waals surface area contributed by atoms with E-state index >= 15 is 0 Å². The third-order valence-corrected chi connectivity index (χ3v) is 6.26. The topological polar surface area (TPSA) is 49.4 Å². The maximum absolute atomic E-state index is 12.5. The highest BCUT2D eigenvalue weighted by atomic mass is 16.2. The second kappa shape index (κ2) is 9.25. The van der Waals surface area contributed by atoms with Crippen molar-refractivity contribution in [1.82, 2.24) is 10.2 Å². The van der Waals surface area contributed by atoms with Gasteiger partial charge < -0.3 is 10.2 Å². The Labute approximate surface area is 173 Å². The summed E-state index contributed by atoms with van der Waals surface area (Å²) in [6.07, 6.45) is 7.29. The van der Waals surface area contributed by atoms with Gasteiger partial charge in [-0.15, -0.1) is 0 Å². The highest BCUT2D eigenvalue weighted by Crippen LogP contribution is 2.26. The van der Waals surface area contributed by atoms with Crippen molar-refractivity contribution in [1.29, 1.82) is 0 Å². The number of likely N-dealkylation sites (tertiary alicyclic amines) is 1. The number of carbonyl (C=O) groups excluding carboxylic acids is 2. The quantitative estimate of drug-likeness (QED) is 0.779. The number of nitrogens with zero attached hydrogens (tertiary/aromatic N) is 1. The molecule has 1 saturated carbocycles. The normalized spacial score (nSPS) is 17.5. The van der Waals surface area contributed by atoms with E-state index in [0.29, 0.717) is 19.5 Å². The smallest absolute Gasteiger partial charge is 0.223 e. The van der Waals surface area contributed by atoms with Gasteiger partial charge in [0.25, 0.3) is 0 Å². The molecule has 2 aliphatic rings. The van der Waals surface area contributed by atoms with Gasteiger partial charge in [-0.25, -0.2) is 0 Å². The largest absolute Gasteiger partial charge is 0.352 e. The lowest BCUT2D eigenvalue weighted by atomic mass is 9.88. The molecule has 4 rings (SSSR count). The van der Waals surface area contributed by atoms with E-state index in [0.717, 1.165) is 48.1 Å². The van der Waals surface area contributed by atoms with Crippen LogP contribution in [0.4, 0.5) is 0 Å². The lowest BCUT2D eigenvalue weighted by Crippen LogP contribution is -2.31. The molecule has 1 N–H and O–H groups in total. The van der Waals surface area contributed by atoms with Crippen LogP contribution in [0.15, 0.2) is 48.5 Å². The van der Waals surface area contributed by atoms with Gasteiger partial charge >= 0.3 is 0 Å². The molecule has 2 fully saturated rings. The van der Waals surface area contributed by atoms with Crippen molar-refractivity contribution >= 4 is 11.8 Å². The molecule has 1 aliphatic carbocycles. The first-order valence-electron chi connectivity index (χ1n) is 10.9. The molecular formula is C25H30N2O2. The van der Waals surface area contributed by atoms with Crippen LogP contribution in [0, 0.1) is 5.92 Å². The Bertz CT molecular complexity index is 853. The Morgan fingerprint density at radius 1 is 0.966 bits per heavy atom. The molecule has 2 aromatic rings. The van der Waals surface area contributed by atoms with Crippen LogP contribution < -0.4 is 5.32 Å². The van der Waals surface area contributed by atoms with Crippen molar-refractivity contribution in [3.8, 4) is 11.1 Å². The first-order chi connectivity index (χ1) is 14.2. The van der Waals surface area contributed by atoms with Crippen molar-refractivity contribution in [3.63, 3.8) is 0 Å². The minimum Gasteiger partial charge on any atom is -0.352 e.